The van der Waals surface area contributed by atoms with E-state index in [0.29, 0.717) is 13.1 Å². The number of nitrogen functional groups attached to an aromatic ring is 1. The third-order valence-electron chi connectivity index (χ3n) is 3.59. The Morgan fingerprint density at radius 2 is 2.21 bits per heavy atom. The Bertz CT molecular complexity index is 538. The smallest absolute Gasteiger partial charge is 0.248 e. The molecule has 108 valence electrons. The minimum atomic E-state index is -3.50. The number of nitrogens with two attached hydrogens (primary N) is 1. The Morgan fingerprint density at radius 3 is 2.84 bits per heavy atom. The lowest BCUT2D eigenvalue weighted by Crippen LogP contribution is -2.35. The van der Waals surface area contributed by atoms with Gasteiger partial charge in [-0.2, -0.15) is 9.40 Å². The van der Waals surface area contributed by atoms with Crippen LogP contribution < -0.4 is 5.73 Å². The Morgan fingerprint density at radius 1 is 1.47 bits per heavy atom. The molecule has 0 aromatic carbocycles. The van der Waals surface area contributed by atoms with E-state index in [0.717, 1.165) is 25.7 Å². The van der Waals surface area contributed by atoms with E-state index in [-0.39, 0.29) is 16.8 Å². The molecular formula is C12H22N4O2S. The summed E-state index contributed by atoms with van der Waals surface area (Å²) in [4.78, 5) is 0.154. The second-order valence-electron chi connectivity index (χ2n) is 4.96. The number of rotatable bonds is 5. The topological polar surface area (TPSA) is 81.2 Å². The van der Waals surface area contributed by atoms with E-state index in [4.69, 9.17) is 5.73 Å². The SMILES string of the molecule is CCCn1cc(S(=O)(=O)N2CCCC2CC)c(N)n1. The van der Waals surface area contributed by atoms with Crippen LogP contribution >= 0.6 is 0 Å². The van der Waals surface area contributed by atoms with Crippen LogP contribution in [0.3, 0.4) is 0 Å². The maximum atomic E-state index is 12.6. The third-order valence-corrected chi connectivity index (χ3v) is 5.56. The number of hydrogen-bond donors (Lipinski definition) is 1. The first-order valence-corrected chi connectivity index (χ1v) is 8.29. The fourth-order valence-electron chi connectivity index (χ4n) is 2.62. The second-order valence-corrected chi connectivity index (χ2v) is 6.82. The van der Waals surface area contributed by atoms with E-state index in [1.165, 1.54) is 0 Å². The van der Waals surface area contributed by atoms with Gasteiger partial charge in [-0.25, -0.2) is 8.42 Å². The lowest BCUT2D eigenvalue weighted by Gasteiger charge is -2.22. The van der Waals surface area contributed by atoms with Crippen LogP contribution in [0.1, 0.15) is 39.5 Å². The molecule has 0 saturated carbocycles. The zero-order chi connectivity index (χ0) is 14.0. The van der Waals surface area contributed by atoms with Crippen molar-refractivity contribution in [1.29, 1.82) is 0 Å². The molecule has 6 nitrogen and oxygen atoms in total. The zero-order valence-electron chi connectivity index (χ0n) is 11.5. The lowest BCUT2D eigenvalue weighted by atomic mass is 10.2. The largest absolute Gasteiger partial charge is 0.381 e. The predicted molar refractivity (Wildman–Crippen MR) is 74.1 cm³/mol. The summed E-state index contributed by atoms with van der Waals surface area (Å²) in [6, 6.07) is 0.0962. The van der Waals surface area contributed by atoms with Crippen LogP contribution in [0.15, 0.2) is 11.1 Å². The summed E-state index contributed by atoms with van der Waals surface area (Å²) in [7, 11) is -3.50. The third kappa shape index (κ3) is 2.62. The number of hydrogen-bond acceptors (Lipinski definition) is 4. The molecule has 0 amide bonds. The van der Waals surface area contributed by atoms with Gasteiger partial charge in [0.15, 0.2) is 5.82 Å². The molecule has 1 aromatic heterocycles. The maximum Gasteiger partial charge on any atom is 0.248 e. The van der Waals surface area contributed by atoms with Gasteiger partial charge in [0.1, 0.15) is 4.90 Å². The molecule has 1 saturated heterocycles. The number of aromatic nitrogens is 2. The van der Waals surface area contributed by atoms with Gasteiger partial charge < -0.3 is 5.73 Å². The van der Waals surface area contributed by atoms with E-state index in [9.17, 15) is 8.42 Å². The Kier molecular flexibility index (Phi) is 4.15. The van der Waals surface area contributed by atoms with E-state index in [1.807, 2.05) is 13.8 Å². The van der Waals surface area contributed by atoms with Gasteiger partial charge in [0.05, 0.1) is 0 Å². The van der Waals surface area contributed by atoms with Gasteiger partial charge in [-0.15, -0.1) is 0 Å². The van der Waals surface area contributed by atoms with Gasteiger partial charge >= 0.3 is 0 Å². The van der Waals surface area contributed by atoms with Crippen LogP contribution in [0.5, 0.6) is 0 Å². The Hall–Kier alpha value is -1.08. The summed E-state index contributed by atoms with van der Waals surface area (Å²) < 4.78 is 28.5. The summed E-state index contributed by atoms with van der Waals surface area (Å²) in [5, 5.41) is 4.08. The normalized spacial score (nSPS) is 21.1. The van der Waals surface area contributed by atoms with Crippen LogP contribution in [0, 0.1) is 0 Å². The number of anilines is 1. The van der Waals surface area contributed by atoms with Crippen molar-refractivity contribution in [3.63, 3.8) is 0 Å². The van der Waals surface area contributed by atoms with E-state index < -0.39 is 10.0 Å². The molecule has 0 aliphatic carbocycles. The molecule has 1 unspecified atom stereocenters. The highest BCUT2D eigenvalue weighted by atomic mass is 32.2. The molecule has 1 aliphatic rings. The van der Waals surface area contributed by atoms with E-state index in [1.54, 1.807) is 15.2 Å². The second kappa shape index (κ2) is 5.50. The maximum absolute atomic E-state index is 12.6. The summed E-state index contributed by atoms with van der Waals surface area (Å²) >= 11 is 0. The summed E-state index contributed by atoms with van der Waals surface area (Å²) in [6.07, 6.45) is 5.13. The first kappa shape index (κ1) is 14.3. The molecule has 1 atom stereocenters. The highest BCUT2D eigenvalue weighted by Gasteiger charge is 2.36. The average molecular weight is 286 g/mol. The molecule has 1 aliphatic heterocycles. The molecule has 2 N–H and O–H groups in total. The number of aryl methyl sites for hydroxylation is 1. The van der Waals surface area contributed by atoms with Crippen molar-refractivity contribution in [2.24, 2.45) is 0 Å². The van der Waals surface area contributed by atoms with Crippen molar-refractivity contribution >= 4 is 15.8 Å². The molecule has 1 fully saturated rings. The van der Waals surface area contributed by atoms with Gasteiger partial charge in [0.25, 0.3) is 0 Å². The number of nitrogens with zero attached hydrogens (tertiary/aromatic N) is 3. The van der Waals surface area contributed by atoms with Crippen LogP contribution in [0.2, 0.25) is 0 Å². The molecule has 7 heteroatoms. The summed E-state index contributed by atoms with van der Waals surface area (Å²) in [5.41, 5.74) is 5.77. The monoisotopic (exact) mass is 286 g/mol. The summed E-state index contributed by atoms with van der Waals surface area (Å²) in [6.45, 7) is 5.29. The molecule has 0 radical (unpaired) electrons. The van der Waals surface area contributed by atoms with Gasteiger partial charge in [-0.05, 0) is 25.7 Å². The standard InChI is InChI=1S/C12H22N4O2S/c1-3-7-15-9-11(12(13)14-15)19(17,18)16-8-5-6-10(16)4-2/h9-10H,3-8H2,1-2H3,(H2,13,14). The molecular weight excluding hydrogens is 264 g/mol. The fourth-order valence-corrected chi connectivity index (χ4v) is 4.45. The van der Waals surface area contributed by atoms with Crippen LogP contribution in [-0.4, -0.2) is 35.1 Å². The van der Waals surface area contributed by atoms with Crippen molar-refractivity contribution < 1.29 is 8.42 Å². The Labute approximate surface area is 114 Å². The highest BCUT2D eigenvalue weighted by molar-refractivity contribution is 7.89. The molecule has 2 heterocycles. The molecule has 0 bridgehead atoms. The van der Waals surface area contributed by atoms with E-state index in [2.05, 4.69) is 5.10 Å². The minimum absolute atomic E-state index is 0.0962. The van der Waals surface area contributed by atoms with Crippen molar-refractivity contribution in [2.45, 2.75) is 57.0 Å². The molecule has 0 spiro atoms. The van der Waals surface area contributed by atoms with Crippen LogP contribution in [0.25, 0.3) is 0 Å². The molecule has 1 aromatic rings. The van der Waals surface area contributed by atoms with Gasteiger partial charge in [-0.3, -0.25) is 4.68 Å². The van der Waals surface area contributed by atoms with Crippen LogP contribution in [-0.2, 0) is 16.6 Å². The van der Waals surface area contributed by atoms with Crippen molar-refractivity contribution in [2.75, 3.05) is 12.3 Å². The summed E-state index contributed by atoms with van der Waals surface area (Å²) in [5.74, 6) is 0.107. The van der Waals surface area contributed by atoms with Gasteiger partial charge in [0, 0.05) is 25.3 Å². The first-order valence-electron chi connectivity index (χ1n) is 6.85. The zero-order valence-corrected chi connectivity index (χ0v) is 12.4. The highest BCUT2D eigenvalue weighted by Crippen LogP contribution is 2.29. The van der Waals surface area contributed by atoms with Crippen molar-refractivity contribution in [1.82, 2.24) is 14.1 Å². The Balaban J connectivity index is 2.33. The molecule has 2 rings (SSSR count). The predicted octanol–water partition coefficient (Wildman–Crippen LogP) is 1.44. The quantitative estimate of drug-likeness (QED) is 0.888. The van der Waals surface area contributed by atoms with Gasteiger partial charge in [-0.1, -0.05) is 13.8 Å². The average Bonchev–Trinajstić information content (AvgIpc) is 2.96. The lowest BCUT2D eigenvalue weighted by molar-refractivity contribution is 0.380. The fraction of sp³-hybridized carbons (Fsp3) is 0.750. The van der Waals surface area contributed by atoms with Crippen molar-refractivity contribution in [3.05, 3.63) is 6.20 Å². The first-order chi connectivity index (χ1) is 9.00. The van der Waals surface area contributed by atoms with Gasteiger partial charge in [0.2, 0.25) is 10.0 Å². The number of sulfonamides is 1. The van der Waals surface area contributed by atoms with Crippen molar-refractivity contribution in [3.8, 4) is 0 Å². The van der Waals surface area contributed by atoms with Crippen LogP contribution in [0.4, 0.5) is 5.82 Å². The van der Waals surface area contributed by atoms with E-state index >= 15 is 0 Å². The molecule has 19 heavy (non-hydrogen) atoms. The minimum Gasteiger partial charge on any atom is -0.381 e.